The lowest BCUT2D eigenvalue weighted by Crippen LogP contribution is -2.29. The molecule has 2 aromatic carbocycles. The lowest BCUT2D eigenvalue weighted by Gasteiger charge is -2.11. The fraction of sp³-hybridized carbons (Fsp3) is 0.125. The van der Waals surface area contributed by atoms with Gasteiger partial charge in [-0.1, -0.05) is 47.7 Å². The monoisotopic (exact) mass is 417 g/mol. The maximum absolute atomic E-state index is 6.11. The summed E-state index contributed by atoms with van der Waals surface area (Å²) in [4.78, 5) is 2.24. The number of allylic oxidation sites excluding steroid dienone is 4. The van der Waals surface area contributed by atoms with Crippen molar-refractivity contribution >= 4 is 56.7 Å². The highest BCUT2D eigenvalue weighted by atomic mass is 32.2. The van der Waals surface area contributed by atoms with Crippen LogP contribution in [0.3, 0.4) is 0 Å². The molecule has 0 aliphatic carbocycles. The number of thioether (sulfide) groups is 1. The molecule has 0 amide bonds. The van der Waals surface area contributed by atoms with Crippen molar-refractivity contribution in [2.45, 2.75) is 11.1 Å². The summed E-state index contributed by atoms with van der Waals surface area (Å²) in [5, 5.41) is 5.83. The number of nitrogens with zero attached hydrogens (tertiary/aromatic N) is 2. The van der Waals surface area contributed by atoms with Crippen molar-refractivity contribution in [1.82, 2.24) is 0 Å². The van der Waals surface area contributed by atoms with E-state index < -0.39 is 0 Å². The van der Waals surface area contributed by atoms with Gasteiger partial charge in [0, 0.05) is 7.05 Å². The molecule has 1 aliphatic heterocycles. The number of oxazole rings is 1. The average Bonchev–Trinajstić information content (AvgIpc) is 3.40. The molecule has 0 fully saturated rings. The smallest absolute Gasteiger partial charge is 0.373 e. The number of fused-ring (bicyclic) bond motifs is 4. The van der Waals surface area contributed by atoms with E-state index in [2.05, 4.69) is 90.5 Å². The van der Waals surface area contributed by atoms with Gasteiger partial charge in [0.15, 0.2) is 0 Å². The highest BCUT2D eigenvalue weighted by Gasteiger charge is 2.22. The molecule has 5 heteroatoms. The molecule has 0 radical (unpaired) electrons. The number of anilines is 1. The van der Waals surface area contributed by atoms with Crippen molar-refractivity contribution in [3.05, 3.63) is 82.6 Å². The quantitative estimate of drug-likeness (QED) is 0.280. The third kappa shape index (κ3) is 3.20. The molecule has 0 bridgehead atoms. The van der Waals surface area contributed by atoms with E-state index in [1.165, 1.54) is 31.3 Å². The number of hydrogen-bond acceptors (Lipinski definition) is 4. The molecule has 1 aliphatic rings. The number of thiophene rings is 1. The molecular formula is C24H21N2OS2+. The van der Waals surface area contributed by atoms with Crippen LogP contribution in [0, 0.1) is 0 Å². The van der Waals surface area contributed by atoms with Crippen molar-refractivity contribution < 1.29 is 8.98 Å². The maximum Gasteiger partial charge on any atom is 0.373 e. The summed E-state index contributed by atoms with van der Waals surface area (Å²) >= 11 is 3.62. The Morgan fingerprint density at radius 2 is 2.00 bits per heavy atom. The number of aryl methyl sites for hydroxylation is 1. The van der Waals surface area contributed by atoms with E-state index in [1.807, 2.05) is 23.9 Å². The van der Waals surface area contributed by atoms with Crippen molar-refractivity contribution in [2.75, 3.05) is 11.9 Å². The molecule has 144 valence electrons. The lowest BCUT2D eigenvalue weighted by molar-refractivity contribution is -0.651. The van der Waals surface area contributed by atoms with E-state index in [0.717, 1.165) is 17.0 Å². The number of benzene rings is 2. The Balaban J connectivity index is 1.42. The van der Waals surface area contributed by atoms with Crippen LogP contribution in [-0.2, 0) is 7.05 Å². The maximum atomic E-state index is 6.11. The molecular weight excluding hydrogens is 396 g/mol. The van der Waals surface area contributed by atoms with Crippen LogP contribution in [0.4, 0.5) is 5.69 Å². The highest BCUT2D eigenvalue weighted by Crippen LogP contribution is 2.48. The zero-order valence-electron chi connectivity index (χ0n) is 16.5. The molecule has 3 heterocycles. The van der Waals surface area contributed by atoms with Crippen LogP contribution in [0.2, 0.25) is 0 Å². The number of rotatable bonds is 3. The summed E-state index contributed by atoms with van der Waals surface area (Å²) in [6.07, 6.45) is 8.49. The van der Waals surface area contributed by atoms with Gasteiger partial charge in [0.05, 0.1) is 26.4 Å². The minimum Gasteiger partial charge on any atom is -0.398 e. The summed E-state index contributed by atoms with van der Waals surface area (Å²) in [7, 11) is 4.18. The second-order valence-corrected chi connectivity index (χ2v) is 9.34. The molecule has 0 N–H and O–H groups in total. The summed E-state index contributed by atoms with van der Waals surface area (Å²) in [5.74, 6) is 0.839. The van der Waals surface area contributed by atoms with Gasteiger partial charge in [-0.2, -0.15) is 4.57 Å². The standard InChI is InChI=1S/C24H21N2OS2/c1-16(9-13-22-25(2)19-14-15-28-24(19)29-22)8-12-21-26(3)23-18-7-5-4-6-17(18)10-11-20(23)27-21/h4-15H,1-3H3/q+1. The normalized spacial score (nSPS) is 16.0. The molecule has 5 rings (SSSR count). The van der Waals surface area contributed by atoms with Crippen molar-refractivity contribution in [2.24, 2.45) is 7.05 Å². The van der Waals surface area contributed by atoms with Crippen LogP contribution >= 0.6 is 23.1 Å². The third-order valence-corrected chi connectivity index (χ3v) is 7.47. The molecule has 2 aromatic heterocycles. The van der Waals surface area contributed by atoms with E-state index in [1.54, 1.807) is 11.3 Å². The average molecular weight is 418 g/mol. The first-order valence-corrected chi connectivity index (χ1v) is 11.2. The topological polar surface area (TPSA) is 20.3 Å². The summed E-state index contributed by atoms with van der Waals surface area (Å²) in [6, 6.07) is 14.8. The van der Waals surface area contributed by atoms with E-state index in [-0.39, 0.29) is 0 Å². The summed E-state index contributed by atoms with van der Waals surface area (Å²) in [5.41, 5.74) is 4.51. The Morgan fingerprint density at radius 1 is 1.14 bits per heavy atom. The largest absolute Gasteiger partial charge is 0.398 e. The third-order valence-electron chi connectivity index (χ3n) is 5.22. The van der Waals surface area contributed by atoms with Crippen LogP contribution in [0.1, 0.15) is 12.8 Å². The molecule has 0 saturated carbocycles. The fourth-order valence-corrected chi connectivity index (χ4v) is 5.74. The fourth-order valence-electron chi connectivity index (χ4n) is 3.60. The van der Waals surface area contributed by atoms with Crippen LogP contribution in [0.15, 0.2) is 85.3 Å². The molecule has 0 saturated heterocycles. The highest BCUT2D eigenvalue weighted by molar-refractivity contribution is 8.05. The molecule has 29 heavy (non-hydrogen) atoms. The zero-order chi connectivity index (χ0) is 20.0. The predicted molar refractivity (Wildman–Crippen MR) is 124 cm³/mol. The van der Waals surface area contributed by atoms with Crippen molar-refractivity contribution in [3.63, 3.8) is 0 Å². The SMILES string of the molecule is CC(C=Cc1oc2ccc3ccccc3c2[n+]1C)=CC=C1Sc2sccc2N1C. The summed E-state index contributed by atoms with van der Waals surface area (Å²) < 4.78 is 9.59. The number of hydrogen-bond donors (Lipinski definition) is 0. The molecule has 0 spiro atoms. The first kappa shape index (κ1) is 18.3. The van der Waals surface area contributed by atoms with E-state index in [0.29, 0.717) is 0 Å². The first-order valence-electron chi connectivity index (χ1n) is 9.48. The van der Waals surface area contributed by atoms with Gasteiger partial charge in [0.2, 0.25) is 5.58 Å². The second kappa shape index (κ2) is 7.25. The van der Waals surface area contributed by atoms with Crippen LogP contribution in [0.25, 0.3) is 27.9 Å². The van der Waals surface area contributed by atoms with E-state index in [4.69, 9.17) is 4.42 Å². The van der Waals surface area contributed by atoms with Crippen LogP contribution in [0.5, 0.6) is 0 Å². The Bertz CT molecular complexity index is 1320. The molecule has 4 aromatic rings. The second-order valence-electron chi connectivity index (χ2n) is 7.14. The van der Waals surface area contributed by atoms with Gasteiger partial charge in [-0.25, -0.2) is 0 Å². The zero-order valence-corrected chi connectivity index (χ0v) is 18.2. The van der Waals surface area contributed by atoms with Crippen LogP contribution < -0.4 is 9.47 Å². The van der Waals surface area contributed by atoms with Gasteiger partial charge < -0.3 is 9.32 Å². The minimum atomic E-state index is 0.839. The first-order chi connectivity index (χ1) is 14.1. The van der Waals surface area contributed by atoms with Gasteiger partial charge in [-0.15, -0.1) is 11.3 Å². The van der Waals surface area contributed by atoms with Crippen molar-refractivity contribution in [3.8, 4) is 0 Å². The Kier molecular flexibility index (Phi) is 4.57. The lowest BCUT2D eigenvalue weighted by atomic mass is 10.1. The molecule has 0 atom stereocenters. The summed E-state index contributed by atoms with van der Waals surface area (Å²) in [6.45, 7) is 2.11. The van der Waals surface area contributed by atoms with Gasteiger partial charge in [0.25, 0.3) is 5.52 Å². The Labute approximate surface area is 178 Å². The molecule has 3 nitrogen and oxygen atoms in total. The van der Waals surface area contributed by atoms with E-state index in [9.17, 15) is 0 Å². The van der Waals surface area contributed by atoms with Gasteiger partial charge in [-0.05, 0) is 48.0 Å². The van der Waals surface area contributed by atoms with Gasteiger partial charge >= 0.3 is 5.89 Å². The number of aromatic nitrogens is 1. The minimum absolute atomic E-state index is 0.839. The van der Waals surface area contributed by atoms with Crippen molar-refractivity contribution in [1.29, 1.82) is 0 Å². The Hall–Kier alpha value is -2.76. The molecule has 0 unspecified atom stereocenters. The van der Waals surface area contributed by atoms with Gasteiger partial charge in [0.1, 0.15) is 7.05 Å². The van der Waals surface area contributed by atoms with Gasteiger partial charge in [-0.3, -0.25) is 0 Å². The predicted octanol–water partition coefficient (Wildman–Crippen LogP) is 6.52. The van der Waals surface area contributed by atoms with Crippen LogP contribution in [-0.4, -0.2) is 7.05 Å². The van der Waals surface area contributed by atoms with E-state index >= 15 is 0 Å². The Morgan fingerprint density at radius 3 is 2.86 bits per heavy atom.